The van der Waals surface area contributed by atoms with E-state index >= 15 is 0 Å². The Kier molecular flexibility index (Phi) is 5.23. The number of aryl methyl sites for hydroxylation is 1. The maximum absolute atomic E-state index is 13.0. The summed E-state index contributed by atoms with van der Waals surface area (Å²) in [5.74, 6) is 0.558. The van der Waals surface area contributed by atoms with Gasteiger partial charge in [-0.3, -0.25) is 4.79 Å². The molecule has 5 N–H and O–H groups in total. The van der Waals surface area contributed by atoms with Gasteiger partial charge in [0.2, 0.25) is 0 Å². The third-order valence-corrected chi connectivity index (χ3v) is 7.29. The van der Waals surface area contributed by atoms with Gasteiger partial charge in [0.1, 0.15) is 22.1 Å². The lowest BCUT2D eigenvalue weighted by atomic mass is 10.0. The number of aromatic nitrogens is 1. The summed E-state index contributed by atoms with van der Waals surface area (Å²) in [6.45, 7) is 3.00. The van der Waals surface area contributed by atoms with Gasteiger partial charge < -0.3 is 31.2 Å². The molecular formula is C24H29N5O3S. The van der Waals surface area contributed by atoms with E-state index in [1.807, 2.05) is 37.3 Å². The molecule has 174 valence electrons. The molecule has 0 radical (unpaired) electrons. The van der Waals surface area contributed by atoms with Crippen molar-refractivity contribution in [3.8, 4) is 5.75 Å². The number of hydrogen-bond donors (Lipinski definition) is 3. The number of benzene rings is 1. The van der Waals surface area contributed by atoms with Crippen LogP contribution in [-0.4, -0.2) is 55.3 Å². The van der Waals surface area contributed by atoms with Crippen LogP contribution in [0.2, 0.25) is 0 Å². The van der Waals surface area contributed by atoms with Gasteiger partial charge in [0.05, 0.1) is 26.6 Å². The molecule has 0 unspecified atom stereocenters. The summed E-state index contributed by atoms with van der Waals surface area (Å²) >= 11 is 1.30. The smallest absolute Gasteiger partial charge is 0.263 e. The zero-order valence-corrected chi connectivity index (χ0v) is 19.4. The number of nitrogens with two attached hydrogens (primary N) is 2. The quantitative estimate of drug-likeness (QED) is 0.526. The lowest BCUT2D eigenvalue weighted by molar-refractivity contribution is 0.0680. The summed E-state index contributed by atoms with van der Waals surface area (Å²) in [6, 6.07) is 9.31. The van der Waals surface area contributed by atoms with Gasteiger partial charge in [0, 0.05) is 42.5 Å². The number of anilines is 2. The number of pyridine rings is 1. The van der Waals surface area contributed by atoms with Crippen molar-refractivity contribution in [3.05, 3.63) is 46.5 Å². The van der Waals surface area contributed by atoms with Gasteiger partial charge in [-0.2, -0.15) is 0 Å². The molecule has 3 aromatic rings. The number of fused-ring (bicyclic) bond motifs is 2. The fourth-order valence-corrected chi connectivity index (χ4v) is 5.49. The Hall–Kier alpha value is -2.88. The standard InChI is InChI=1S/C24H29N5O3S/c1-3-31-20-11-29(10-18(20)25)16-6-5-14-8-15(12-32-19(14)9-16)28-23(30)22-21(26)17-7-4-13(2)27-24(17)33-22/h4-7,9,15,18,20H,3,8,10-12,25-26H2,1-2H3,(H,28,30)/t15-,18+,20+/m1/s1/i3D2. The van der Waals surface area contributed by atoms with Gasteiger partial charge in [-0.1, -0.05) is 6.07 Å². The molecule has 2 aromatic heterocycles. The van der Waals surface area contributed by atoms with Crippen molar-refractivity contribution in [1.82, 2.24) is 10.3 Å². The van der Waals surface area contributed by atoms with Crippen LogP contribution in [0.5, 0.6) is 5.75 Å². The van der Waals surface area contributed by atoms with E-state index < -0.39 is 6.56 Å². The number of thiophene rings is 1. The van der Waals surface area contributed by atoms with Crippen LogP contribution in [0.3, 0.4) is 0 Å². The second-order valence-corrected chi connectivity index (χ2v) is 9.56. The average Bonchev–Trinajstić information content (AvgIpc) is 3.31. The molecule has 3 atom stereocenters. The number of nitrogens with one attached hydrogen (secondary N) is 1. The van der Waals surface area contributed by atoms with Crippen LogP contribution in [0.4, 0.5) is 11.4 Å². The van der Waals surface area contributed by atoms with Crippen LogP contribution in [0.25, 0.3) is 10.2 Å². The molecule has 1 saturated heterocycles. The van der Waals surface area contributed by atoms with E-state index in [4.69, 9.17) is 23.7 Å². The van der Waals surface area contributed by atoms with Gasteiger partial charge in [-0.15, -0.1) is 11.3 Å². The van der Waals surface area contributed by atoms with E-state index in [2.05, 4.69) is 15.2 Å². The summed E-state index contributed by atoms with van der Waals surface area (Å²) in [6.07, 6.45) is 0.261. The first-order valence-corrected chi connectivity index (χ1v) is 11.8. The highest BCUT2D eigenvalue weighted by Gasteiger charge is 2.32. The van der Waals surface area contributed by atoms with E-state index in [0.29, 0.717) is 36.7 Å². The van der Waals surface area contributed by atoms with E-state index in [0.717, 1.165) is 32.9 Å². The van der Waals surface area contributed by atoms with Crippen LogP contribution in [0, 0.1) is 6.92 Å². The SMILES string of the molecule is [2H]C([2H])(C)O[C@H]1CN(c2ccc3c(c2)OC[C@H](NC(=O)c2sc4nc(C)ccc4c2N)C3)C[C@@H]1N. The van der Waals surface area contributed by atoms with Gasteiger partial charge >= 0.3 is 0 Å². The minimum atomic E-state index is -1.73. The molecule has 9 heteroatoms. The van der Waals surface area contributed by atoms with E-state index in [9.17, 15) is 4.79 Å². The Morgan fingerprint density at radius 3 is 3.06 bits per heavy atom. The normalized spacial score (nSPS) is 23.6. The zero-order valence-electron chi connectivity index (χ0n) is 20.6. The van der Waals surface area contributed by atoms with Gasteiger partial charge in [0.15, 0.2) is 0 Å². The first kappa shape index (κ1) is 19.6. The Morgan fingerprint density at radius 2 is 2.24 bits per heavy atom. The number of nitrogens with zero attached hydrogens (tertiary/aromatic N) is 2. The predicted octanol–water partition coefficient (Wildman–Crippen LogP) is 2.47. The fourth-order valence-electron chi connectivity index (χ4n) is 4.45. The maximum atomic E-state index is 13.0. The predicted molar refractivity (Wildman–Crippen MR) is 131 cm³/mol. The lowest BCUT2D eigenvalue weighted by Crippen LogP contribution is -2.42. The number of carbonyl (C=O) groups excluding carboxylic acids is 1. The van der Waals surface area contributed by atoms with Crippen molar-refractivity contribution in [2.24, 2.45) is 5.73 Å². The van der Waals surface area contributed by atoms with Crippen molar-refractivity contribution in [1.29, 1.82) is 0 Å². The maximum Gasteiger partial charge on any atom is 0.263 e. The summed E-state index contributed by atoms with van der Waals surface area (Å²) in [5.41, 5.74) is 15.7. The third-order valence-electron chi connectivity index (χ3n) is 6.18. The van der Waals surface area contributed by atoms with Crippen molar-refractivity contribution in [2.45, 2.75) is 38.5 Å². The van der Waals surface area contributed by atoms with Crippen molar-refractivity contribution in [3.63, 3.8) is 0 Å². The number of nitrogen functional groups attached to an aromatic ring is 1. The molecule has 0 aliphatic carbocycles. The van der Waals surface area contributed by atoms with Crippen LogP contribution >= 0.6 is 11.3 Å². The molecule has 2 aliphatic heterocycles. The minimum Gasteiger partial charge on any atom is -0.491 e. The number of hydrogen-bond acceptors (Lipinski definition) is 8. The van der Waals surface area contributed by atoms with Crippen LogP contribution in [0.15, 0.2) is 30.3 Å². The van der Waals surface area contributed by atoms with Crippen LogP contribution in [0.1, 0.15) is 30.6 Å². The third kappa shape index (κ3) is 4.23. The summed E-state index contributed by atoms with van der Waals surface area (Å²) in [5, 5.41) is 3.85. The molecule has 5 rings (SSSR count). The monoisotopic (exact) mass is 469 g/mol. The molecule has 33 heavy (non-hydrogen) atoms. The Labute approximate surface area is 199 Å². The lowest BCUT2D eigenvalue weighted by Gasteiger charge is -2.28. The van der Waals surface area contributed by atoms with E-state index in [-0.39, 0.29) is 24.1 Å². The van der Waals surface area contributed by atoms with Crippen LogP contribution < -0.4 is 26.4 Å². The molecule has 4 heterocycles. The Morgan fingerprint density at radius 1 is 1.39 bits per heavy atom. The zero-order chi connectivity index (χ0) is 24.9. The van der Waals surface area contributed by atoms with E-state index in [1.54, 1.807) is 0 Å². The molecule has 1 aromatic carbocycles. The average molecular weight is 470 g/mol. The van der Waals surface area contributed by atoms with Crippen molar-refractivity contribution in [2.75, 3.05) is 36.9 Å². The molecule has 0 spiro atoms. The molecule has 0 bridgehead atoms. The van der Waals surface area contributed by atoms with Gasteiger partial charge in [0.25, 0.3) is 5.91 Å². The molecule has 8 nitrogen and oxygen atoms in total. The first-order valence-electron chi connectivity index (χ1n) is 12.0. The summed E-state index contributed by atoms with van der Waals surface area (Å²) in [7, 11) is 0. The minimum absolute atomic E-state index is 0.176. The highest BCUT2D eigenvalue weighted by Crippen LogP contribution is 2.34. The van der Waals surface area contributed by atoms with Crippen molar-refractivity contribution >= 4 is 38.8 Å². The summed E-state index contributed by atoms with van der Waals surface area (Å²) in [4.78, 5) is 20.8. The Bertz CT molecular complexity index is 1280. The second-order valence-electron chi connectivity index (χ2n) is 8.56. The first-order chi connectivity index (χ1) is 16.6. The largest absolute Gasteiger partial charge is 0.491 e. The van der Waals surface area contributed by atoms with Crippen LogP contribution in [-0.2, 0) is 11.2 Å². The second kappa shape index (κ2) is 8.81. The van der Waals surface area contributed by atoms with Gasteiger partial charge in [-0.25, -0.2) is 4.98 Å². The summed E-state index contributed by atoms with van der Waals surface area (Å²) < 4.78 is 26.8. The van der Waals surface area contributed by atoms with Crippen molar-refractivity contribution < 1.29 is 17.0 Å². The fraction of sp³-hybridized carbons (Fsp3) is 0.417. The van der Waals surface area contributed by atoms with E-state index in [1.165, 1.54) is 18.3 Å². The highest BCUT2D eigenvalue weighted by molar-refractivity contribution is 7.21. The number of amides is 1. The number of rotatable bonds is 5. The molecule has 2 aliphatic rings. The number of carbonyl (C=O) groups is 1. The number of ether oxygens (including phenoxy) is 2. The highest BCUT2D eigenvalue weighted by atomic mass is 32.1. The molecule has 0 saturated carbocycles. The van der Waals surface area contributed by atoms with Gasteiger partial charge in [-0.05, 0) is 44.0 Å². The molecule has 1 amide bonds. The topological polar surface area (TPSA) is 116 Å². The Balaban J connectivity index is 1.25. The molecule has 1 fully saturated rings. The molecular weight excluding hydrogens is 438 g/mol.